The molecule has 2 aromatic rings. The predicted molar refractivity (Wildman–Crippen MR) is 80.7 cm³/mol. The standard InChI is InChI=1S/C18H19FO2/c1-3-21-18(14-7-5-4-6-8-14)17(20)12-15-11-16(19)10-9-13(15)2/h4-11,18H,3,12H2,1-2H3. The summed E-state index contributed by atoms with van der Waals surface area (Å²) < 4.78 is 18.9. The van der Waals surface area contributed by atoms with E-state index in [1.807, 2.05) is 44.2 Å². The Kier molecular flexibility index (Phi) is 5.23. The molecule has 21 heavy (non-hydrogen) atoms. The lowest BCUT2D eigenvalue weighted by Gasteiger charge is -2.17. The summed E-state index contributed by atoms with van der Waals surface area (Å²) in [5, 5.41) is 0. The number of carbonyl (C=O) groups is 1. The van der Waals surface area contributed by atoms with Crippen LogP contribution in [0.15, 0.2) is 48.5 Å². The first-order valence-corrected chi connectivity index (χ1v) is 7.06. The minimum atomic E-state index is -0.598. The molecule has 0 saturated heterocycles. The summed E-state index contributed by atoms with van der Waals surface area (Å²) in [6, 6.07) is 13.9. The fourth-order valence-electron chi connectivity index (χ4n) is 2.28. The van der Waals surface area contributed by atoms with E-state index in [1.165, 1.54) is 12.1 Å². The molecule has 0 fully saturated rings. The van der Waals surface area contributed by atoms with Crippen molar-refractivity contribution >= 4 is 5.78 Å². The van der Waals surface area contributed by atoms with Crippen molar-refractivity contribution < 1.29 is 13.9 Å². The summed E-state index contributed by atoms with van der Waals surface area (Å²) in [6.07, 6.45) is -0.428. The van der Waals surface area contributed by atoms with Crippen molar-refractivity contribution in [2.45, 2.75) is 26.4 Å². The maximum absolute atomic E-state index is 13.3. The van der Waals surface area contributed by atoms with Crippen LogP contribution in [0.5, 0.6) is 0 Å². The fraction of sp³-hybridized carbons (Fsp3) is 0.278. The van der Waals surface area contributed by atoms with Crippen LogP contribution >= 0.6 is 0 Å². The third kappa shape index (κ3) is 3.99. The number of carbonyl (C=O) groups excluding carboxylic acids is 1. The molecule has 1 atom stereocenters. The van der Waals surface area contributed by atoms with Crippen LogP contribution < -0.4 is 0 Å². The molecule has 0 aliphatic rings. The smallest absolute Gasteiger partial charge is 0.170 e. The molecule has 3 heteroatoms. The Labute approximate surface area is 124 Å². The zero-order chi connectivity index (χ0) is 15.2. The first kappa shape index (κ1) is 15.4. The topological polar surface area (TPSA) is 26.3 Å². The van der Waals surface area contributed by atoms with Crippen molar-refractivity contribution in [1.29, 1.82) is 0 Å². The van der Waals surface area contributed by atoms with Crippen LogP contribution in [0.2, 0.25) is 0 Å². The van der Waals surface area contributed by atoms with Gasteiger partial charge in [0.15, 0.2) is 5.78 Å². The number of hydrogen-bond acceptors (Lipinski definition) is 2. The van der Waals surface area contributed by atoms with Crippen LogP contribution in [0.3, 0.4) is 0 Å². The zero-order valence-corrected chi connectivity index (χ0v) is 12.3. The van der Waals surface area contributed by atoms with E-state index in [4.69, 9.17) is 4.74 Å². The van der Waals surface area contributed by atoms with Gasteiger partial charge in [-0.05, 0) is 42.7 Å². The molecule has 0 amide bonds. The maximum atomic E-state index is 13.3. The first-order valence-electron chi connectivity index (χ1n) is 7.06. The van der Waals surface area contributed by atoms with Gasteiger partial charge in [0.1, 0.15) is 11.9 Å². The highest BCUT2D eigenvalue weighted by molar-refractivity contribution is 5.86. The summed E-state index contributed by atoms with van der Waals surface area (Å²) in [5.41, 5.74) is 2.45. The molecule has 0 radical (unpaired) electrons. The number of ether oxygens (including phenoxy) is 1. The molecular formula is C18H19FO2. The molecule has 0 aromatic heterocycles. The minimum absolute atomic E-state index is 0.0586. The summed E-state index contributed by atoms with van der Waals surface area (Å²) >= 11 is 0. The van der Waals surface area contributed by atoms with Crippen LogP contribution in [0, 0.1) is 12.7 Å². The lowest BCUT2D eigenvalue weighted by Crippen LogP contribution is -2.18. The molecule has 0 spiro atoms. The second kappa shape index (κ2) is 7.14. The van der Waals surface area contributed by atoms with Gasteiger partial charge in [0.2, 0.25) is 0 Å². The number of aryl methyl sites for hydroxylation is 1. The van der Waals surface area contributed by atoms with E-state index in [9.17, 15) is 9.18 Å². The van der Waals surface area contributed by atoms with Crippen LogP contribution in [0.1, 0.15) is 29.7 Å². The van der Waals surface area contributed by atoms with Gasteiger partial charge < -0.3 is 4.74 Å². The third-order valence-corrected chi connectivity index (χ3v) is 3.40. The lowest BCUT2D eigenvalue weighted by atomic mass is 9.97. The summed E-state index contributed by atoms with van der Waals surface area (Å²) in [4.78, 5) is 12.5. The van der Waals surface area contributed by atoms with Crippen LogP contribution in [0.25, 0.3) is 0 Å². The highest BCUT2D eigenvalue weighted by Crippen LogP contribution is 2.21. The summed E-state index contributed by atoms with van der Waals surface area (Å²) in [6.45, 7) is 4.18. The van der Waals surface area contributed by atoms with Crippen molar-refractivity contribution in [2.24, 2.45) is 0 Å². The molecule has 2 aromatic carbocycles. The van der Waals surface area contributed by atoms with E-state index in [1.54, 1.807) is 6.07 Å². The largest absolute Gasteiger partial charge is 0.366 e. The maximum Gasteiger partial charge on any atom is 0.170 e. The van der Waals surface area contributed by atoms with E-state index in [0.29, 0.717) is 12.2 Å². The minimum Gasteiger partial charge on any atom is -0.366 e. The van der Waals surface area contributed by atoms with Gasteiger partial charge in [-0.2, -0.15) is 0 Å². The lowest BCUT2D eigenvalue weighted by molar-refractivity contribution is -0.130. The first-order chi connectivity index (χ1) is 10.1. The van der Waals surface area contributed by atoms with Gasteiger partial charge in [-0.15, -0.1) is 0 Å². The van der Waals surface area contributed by atoms with Crippen molar-refractivity contribution in [2.75, 3.05) is 6.61 Å². The Morgan fingerprint density at radius 2 is 1.90 bits per heavy atom. The number of halogens is 1. The Hall–Kier alpha value is -2.00. The predicted octanol–water partition coefficient (Wildman–Crippen LogP) is 4.02. The van der Waals surface area contributed by atoms with Gasteiger partial charge in [-0.1, -0.05) is 36.4 Å². The monoisotopic (exact) mass is 286 g/mol. The van der Waals surface area contributed by atoms with Crippen molar-refractivity contribution in [1.82, 2.24) is 0 Å². The van der Waals surface area contributed by atoms with E-state index in [0.717, 1.165) is 11.1 Å². The number of benzene rings is 2. The third-order valence-electron chi connectivity index (χ3n) is 3.40. The van der Waals surface area contributed by atoms with Gasteiger partial charge in [-0.3, -0.25) is 4.79 Å². The normalized spacial score (nSPS) is 12.1. The Morgan fingerprint density at radius 3 is 2.57 bits per heavy atom. The average molecular weight is 286 g/mol. The van der Waals surface area contributed by atoms with Gasteiger partial charge in [0.05, 0.1) is 0 Å². The molecule has 2 rings (SSSR count). The number of rotatable bonds is 6. The summed E-state index contributed by atoms with van der Waals surface area (Å²) in [5.74, 6) is -0.382. The molecule has 0 aliphatic carbocycles. The van der Waals surface area contributed by atoms with Crippen molar-refractivity contribution in [3.05, 3.63) is 71.0 Å². The number of Topliss-reactive ketones (excluding diaryl/α,β-unsaturated/α-hetero) is 1. The van der Waals surface area contributed by atoms with Crippen LogP contribution in [-0.2, 0) is 16.0 Å². The van der Waals surface area contributed by atoms with Crippen LogP contribution in [-0.4, -0.2) is 12.4 Å². The fourth-order valence-corrected chi connectivity index (χ4v) is 2.28. The van der Waals surface area contributed by atoms with E-state index in [2.05, 4.69) is 0 Å². The van der Waals surface area contributed by atoms with E-state index in [-0.39, 0.29) is 18.0 Å². The molecule has 2 nitrogen and oxygen atoms in total. The van der Waals surface area contributed by atoms with Gasteiger partial charge in [-0.25, -0.2) is 4.39 Å². The van der Waals surface area contributed by atoms with Crippen molar-refractivity contribution in [3.63, 3.8) is 0 Å². The Balaban J connectivity index is 2.21. The van der Waals surface area contributed by atoms with Crippen molar-refractivity contribution in [3.8, 4) is 0 Å². The Morgan fingerprint density at radius 1 is 1.19 bits per heavy atom. The summed E-state index contributed by atoms with van der Waals surface area (Å²) in [7, 11) is 0. The molecule has 0 aliphatic heterocycles. The zero-order valence-electron chi connectivity index (χ0n) is 12.3. The van der Waals surface area contributed by atoms with E-state index >= 15 is 0 Å². The van der Waals surface area contributed by atoms with E-state index < -0.39 is 6.10 Å². The highest BCUT2D eigenvalue weighted by atomic mass is 19.1. The van der Waals surface area contributed by atoms with Gasteiger partial charge >= 0.3 is 0 Å². The SMILES string of the molecule is CCOC(C(=O)Cc1cc(F)ccc1C)c1ccccc1. The number of ketones is 1. The van der Waals surface area contributed by atoms with Gasteiger partial charge in [0, 0.05) is 13.0 Å². The van der Waals surface area contributed by atoms with Crippen LogP contribution in [0.4, 0.5) is 4.39 Å². The molecule has 110 valence electrons. The molecule has 0 saturated carbocycles. The number of hydrogen-bond donors (Lipinski definition) is 0. The highest BCUT2D eigenvalue weighted by Gasteiger charge is 2.21. The average Bonchev–Trinajstić information content (AvgIpc) is 2.49. The Bertz CT molecular complexity index is 608. The molecule has 0 heterocycles. The second-order valence-electron chi connectivity index (χ2n) is 4.96. The second-order valence-corrected chi connectivity index (χ2v) is 4.96. The van der Waals surface area contributed by atoms with Gasteiger partial charge in [0.25, 0.3) is 0 Å². The molecular weight excluding hydrogens is 267 g/mol. The molecule has 0 bridgehead atoms. The quantitative estimate of drug-likeness (QED) is 0.801. The molecule has 1 unspecified atom stereocenters. The molecule has 0 N–H and O–H groups in total.